The number of amides is 1. The minimum Gasteiger partial charge on any atom is -0.464 e. The van der Waals surface area contributed by atoms with Gasteiger partial charge in [0.15, 0.2) is 0 Å². The molecule has 0 N–H and O–H groups in total. The van der Waals surface area contributed by atoms with E-state index in [1.807, 2.05) is 4.90 Å². The van der Waals surface area contributed by atoms with Gasteiger partial charge in [-0.05, 0) is 18.8 Å². The van der Waals surface area contributed by atoms with E-state index in [0.29, 0.717) is 18.4 Å². The third-order valence-corrected chi connectivity index (χ3v) is 5.20. The molecule has 0 aromatic rings. The van der Waals surface area contributed by atoms with E-state index in [2.05, 4.69) is 4.90 Å². The minimum atomic E-state index is -0.0861. The maximum atomic E-state index is 12.4. The summed E-state index contributed by atoms with van der Waals surface area (Å²) < 4.78 is 5.03. The maximum absolute atomic E-state index is 12.4. The number of nitrogens with zero attached hydrogens (tertiary/aromatic N) is 2. The molecule has 0 spiro atoms. The Hall–Kier alpha value is -1.10. The van der Waals surface area contributed by atoms with Crippen LogP contribution in [0.25, 0.3) is 0 Å². The lowest BCUT2D eigenvalue weighted by molar-refractivity contribution is -0.143. The van der Waals surface area contributed by atoms with Crippen molar-refractivity contribution >= 4 is 11.9 Å². The Bertz CT molecular complexity index is 385. The van der Waals surface area contributed by atoms with Crippen molar-refractivity contribution in [2.24, 2.45) is 5.92 Å². The Labute approximate surface area is 126 Å². The molecule has 1 amide bonds. The van der Waals surface area contributed by atoms with Crippen LogP contribution in [0.3, 0.4) is 0 Å². The Morgan fingerprint density at radius 1 is 1.05 bits per heavy atom. The van der Waals surface area contributed by atoms with Crippen LogP contribution in [0.4, 0.5) is 0 Å². The van der Waals surface area contributed by atoms with Crippen LogP contribution in [-0.2, 0) is 14.3 Å². The summed E-state index contributed by atoms with van der Waals surface area (Å²) in [5.41, 5.74) is 0. The zero-order valence-electron chi connectivity index (χ0n) is 12.8. The number of esters is 1. The highest BCUT2D eigenvalue weighted by molar-refractivity contribution is 5.78. The summed E-state index contributed by atoms with van der Waals surface area (Å²) >= 11 is 0. The first-order chi connectivity index (χ1) is 10.2. The lowest BCUT2D eigenvalue weighted by Gasteiger charge is -2.37. The summed E-state index contributed by atoms with van der Waals surface area (Å²) in [5, 5.41) is 0. The first-order valence-corrected chi connectivity index (χ1v) is 8.42. The van der Waals surface area contributed by atoms with Gasteiger partial charge in [-0.15, -0.1) is 0 Å². The number of hydrogen-bond acceptors (Lipinski definition) is 4. The van der Waals surface area contributed by atoms with E-state index in [4.69, 9.17) is 4.74 Å². The molecule has 2 aliphatic heterocycles. The maximum Gasteiger partial charge on any atom is 0.323 e. The molecule has 0 aromatic carbocycles. The monoisotopic (exact) mass is 294 g/mol. The molecule has 1 aliphatic carbocycles. The van der Waals surface area contributed by atoms with Crippen molar-refractivity contribution in [3.63, 3.8) is 0 Å². The van der Waals surface area contributed by atoms with Crippen molar-refractivity contribution in [2.75, 3.05) is 32.8 Å². The number of rotatable bonds is 3. The molecule has 5 nitrogen and oxygen atoms in total. The molecule has 118 valence electrons. The van der Waals surface area contributed by atoms with Gasteiger partial charge in [0.1, 0.15) is 6.04 Å². The first kappa shape index (κ1) is 14.8. The van der Waals surface area contributed by atoms with Gasteiger partial charge in [-0.25, -0.2) is 0 Å². The van der Waals surface area contributed by atoms with Crippen LogP contribution in [0.2, 0.25) is 0 Å². The minimum absolute atomic E-state index is 0.0689. The van der Waals surface area contributed by atoms with Crippen molar-refractivity contribution in [2.45, 2.75) is 51.0 Å². The van der Waals surface area contributed by atoms with Crippen molar-refractivity contribution in [3.8, 4) is 0 Å². The van der Waals surface area contributed by atoms with Gasteiger partial charge in [0.2, 0.25) is 5.91 Å². The van der Waals surface area contributed by atoms with Gasteiger partial charge >= 0.3 is 5.97 Å². The van der Waals surface area contributed by atoms with E-state index >= 15 is 0 Å². The van der Waals surface area contributed by atoms with E-state index < -0.39 is 0 Å². The Kier molecular flexibility index (Phi) is 4.78. The summed E-state index contributed by atoms with van der Waals surface area (Å²) in [6.45, 7) is 3.67. The van der Waals surface area contributed by atoms with Gasteiger partial charge in [-0.1, -0.05) is 19.3 Å². The predicted molar refractivity (Wildman–Crippen MR) is 78.7 cm³/mol. The van der Waals surface area contributed by atoms with Crippen molar-refractivity contribution in [3.05, 3.63) is 0 Å². The molecule has 0 radical (unpaired) electrons. The molecule has 1 atom stereocenters. The third-order valence-electron chi connectivity index (χ3n) is 5.20. The molecule has 3 aliphatic rings. The van der Waals surface area contributed by atoms with Crippen LogP contribution in [-0.4, -0.2) is 60.5 Å². The second kappa shape index (κ2) is 6.77. The van der Waals surface area contributed by atoms with E-state index in [0.717, 1.165) is 39.0 Å². The second-order valence-electron chi connectivity index (χ2n) is 6.60. The van der Waals surface area contributed by atoms with Crippen molar-refractivity contribution in [1.29, 1.82) is 0 Å². The zero-order chi connectivity index (χ0) is 14.7. The van der Waals surface area contributed by atoms with Gasteiger partial charge in [-0.3, -0.25) is 14.5 Å². The lowest BCUT2D eigenvalue weighted by atomic mass is 9.86. The Balaban J connectivity index is 1.44. The SMILES string of the molecule is O=C1OCC[C@H]1N1CCN(C(=O)CC2CCCCC2)CC1. The summed E-state index contributed by atoms with van der Waals surface area (Å²) in [6.07, 6.45) is 7.88. The molecule has 0 aromatic heterocycles. The number of piperazine rings is 1. The number of ether oxygens (including phenoxy) is 1. The fourth-order valence-corrected chi connectivity index (χ4v) is 3.87. The summed E-state index contributed by atoms with van der Waals surface area (Å²) in [6, 6.07) is -0.0689. The van der Waals surface area contributed by atoms with Crippen LogP contribution < -0.4 is 0 Å². The average molecular weight is 294 g/mol. The number of carbonyl (C=O) groups excluding carboxylic acids is 2. The highest BCUT2D eigenvalue weighted by atomic mass is 16.5. The molecule has 2 heterocycles. The summed E-state index contributed by atoms with van der Waals surface area (Å²) in [5.74, 6) is 0.835. The van der Waals surface area contributed by atoms with Gasteiger partial charge in [0.25, 0.3) is 0 Å². The van der Waals surface area contributed by atoms with Crippen LogP contribution in [0.15, 0.2) is 0 Å². The molecule has 21 heavy (non-hydrogen) atoms. The average Bonchev–Trinajstić information content (AvgIpc) is 2.94. The quantitative estimate of drug-likeness (QED) is 0.739. The Morgan fingerprint density at radius 2 is 1.76 bits per heavy atom. The second-order valence-corrected chi connectivity index (χ2v) is 6.60. The standard InChI is InChI=1S/C16H26N2O3/c19-15(12-13-4-2-1-3-5-13)18-9-7-17(8-10-18)14-6-11-21-16(14)20/h13-14H,1-12H2/t14-/m1/s1. The van der Waals surface area contributed by atoms with Gasteiger partial charge in [-0.2, -0.15) is 0 Å². The smallest absolute Gasteiger partial charge is 0.323 e. The number of carbonyl (C=O) groups is 2. The molecule has 0 unspecified atom stereocenters. The molecule has 3 rings (SSSR count). The normalized spacial score (nSPS) is 28.7. The van der Waals surface area contributed by atoms with Crippen LogP contribution in [0.5, 0.6) is 0 Å². The molecular formula is C16H26N2O3. The van der Waals surface area contributed by atoms with Crippen molar-refractivity contribution < 1.29 is 14.3 Å². The van der Waals surface area contributed by atoms with Crippen LogP contribution in [0.1, 0.15) is 44.9 Å². The van der Waals surface area contributed by atoms with E-state index in [-0.39, 0.29) is 12.0 Å². The van der Waals surface area contributed by atoms with Crippen LogP contribution in [0, 0.1) is 5.92 Å². The van der Waals surface area contributed by atoms with E-state index in [9.17, 15) is 9.59 Å². The van der Waals surface area contributed by atoms with Gasteiger partial charge in [0.05, 0.1) is 6.61 Å². The molecule has 2 saturated heterocycles. The van der Waals surface area contributed by atoms with E-state index in [1.54, 1.807) is 0 Å². The Morgan fingerprint density at radius 3 is 2.38 bits per heavy atom. The lowest BCUT2D eigenvalue weighted by Crippen LogP contribution is -2.53. The van der Waals surface area contributed by atoms with Crippen LogP contribution >= 0.6 is 0 Å². The van der Waals surface area contributed by atoms with Gasteiger partial charge < -0.3 is 9.64 Å². The molecule has 1 saturated carbocycles. The predicted octanol–water partition coefficient (Wildman–Crippen LogP) is 1.42. The molecular weight excluding hydrogens is 268 g/mol. The molecule has 0 bridgehead atoms. The largest absolute Gasteiger partial charge is 0.464 e. The first-order valence-electron chi connectivity index (χ1n) is 8.42. The van der Waals surface area contributed by atoms with Crippen molar-refractivity contribution in [1.82, 2.24) is 9.80 Å². The fraction of sp³-hybridized carbons (Fsp3) is 0.875. The van der Waals surface area contributed by atoms with E-state index in [1.165, 1.54) is 32.1 Å². The van der Waals surface area contributed by atoms with Gasteiger partial charge in [0, 0.05) is 39.0 Å². The summed E-state index contributed by atoms with van der Waals surface area (Å²) in [4.78, 5) is 28.2. The number of hydrogen-bond donors (Lipinski definition) is 0. The molecule has 3 fully saturated rings. The summed E-state index contributed by atoms with van der Waals surface area (Å²) in [7, 11) is 0. The topological polar surface area (TPSA) is 49.9 Å². The third kappa shape index (κ3) is 3.57. The molecule has 5 heteroatoms. The highest BCUT2D eigenvalue weighted by Crippen LogP contribution is 2.27. The number of cyclic esters (lactones) is 1. The zero-order valence-corrected chi connectivity index (χ0v) is 12.8. The highest BCUT2D eigenvalue weighted by Gasteiger charge is 2.35. The fourth-order valence-electron chi connectivity index (χ4n) is 3.87.